The Morgan fingerprint density at radius 1 is 1.10 bits per heavy atom. The molecule has 0 aromatic rings. The van der Waals surface area contributed by atoms with Gasteiger partial charge in [0.1, 0.15) is 0 Å². The van der Waals surface area contributed by atoms with Gasteiger partial charge in [-0.1, -0.05) is 34.1 Å². The van der Waals surface area contributed by atoms with Crippen molar-refractivity contribution in [3.8, 4) is 0 Å². The lowest BCUT2D eigenvalue weighted by molar-refractivity contribution is -0.00109. The summed E-state index contributed by atoms with van der Waals surface area (Å²) >= 11 is 0. The Labute approximate surface area is 126 Å². The summed E-state index contributed by atoms with van der Waals surface area (Å²) in [5, 5.41) is 3.76. The highest BCUT2D eigenvalue weighted by molar-refractivity contribution is 4.93. The van der Waals surface area contributed by atoms with E-state index in [4.69, 9.17) is 4.74 Å². The van der Waals surface area contributed by atoms with Crippen molar-refractivity contribution in [2.45, 2.75) is 91.4 Å². The number of hydrogen-bond donors (Lipinski definition) is 1. The molecule has 1 aliphatic heterocycles. The number of rotatable bonds is 5. The van der Waals surface area contributed by atoms with Gasteiger partial charge < -0.3 is 10.1 Å². The molecule has 1 N–H and O–H groups in total. The van der Waals surface area contributed by atoms with Gasteiger partial charge in [-0.15, -0.1) is 0 Å². The first kappa shape index (κ1) is 16.3. The van der Waals surface area contributed by atoms with Crippen LogP contribution >= 0.6 is 0 Å². The first-order chi connectivity index (χ1) is 9.42. The van der Waals surface area contributed by atoms with Crippen LogP contribution in [0.4, 0.5) is 0 Å². The van der Waals surface area contributed by atoms with Gasteiger partial charge in [-0.2, -0.15) is 0 Å². The lowest BCUT2D eigenvalue weighted by Gasteiger charge is -2.45. The Hall–Kier alpha value is -0.0800. The summed E-state index contributed by atoms with van der Waals surface area (Å²) in [6, 6.07) is 0.706. The van der Waals surface area contributed by atoms with Gasteiger partial charge in [0.05, 0.1) is 12.2 Å². The molecule has 2 nitrogen and oxygen atoms in total. The second-order valence-corrected chi connectivity index (χ2v) is 8.03. The molecule has 5 unspecified atom stereocenters. The van der Waals surface area contributed by atoms with E-state index >= 15 is 0 Å². The summed E-state index contributed by atoms with van der Waals surface area (Å²) < 4.78 is 6.08. The molecule has 118 valence electrons. The van der Waals surface area contributed by atoms with Crippen molar-refractivity contribution in [1.82, 2.24) is 5.32 Å². The lowest BCUT2D eigenvalue weighted by atomic mass is 9.64. The first-order valence-corrected chi connectivity index (χ1v) is 8.81. The average Bonchev–Trinajstić information content (AvgIpc) is 2.74. The molecule has 2 fully saturated rings. The third-order valence-electron chi connectivity index (χ3n) is 5.66. The monoisotopic (exact) mass is 281 g/mol. The highest BCUT2D eigenvalue weighted by Gasteiger charge is 2.40. The zero-order valence-electron chi connectivity index (χ0n) is 14.2. The summed E-state index contributed by atoms with van der Waals surface area (Å²) in [6.45, 7) is 12.9. The van der Waals surface area contributed by atoms with E-state index in [1.165, 1.54) is 38.5 Å². The van der Waals surface area contributed by atoms with Gasteiger partial charge >= 0.3 is 0 Å². The van der Waals surface area contributed by atoms with Crippen molar-refractivity contribution < 1.29 is 4.74 Å². The molecule has 20 heavy (non-hydrogen) atoms. The van der Waals surface area contributed by atoms with Crippen molar-refractivity contribution in [2.24, 2.45) is 17.3 Å². The predicted molar refractivity (Wildman–Crippen MR) is 85.9 cm³/mol. The standard InChI is InChI=1S/C18H35NO/c1-6-19-17-11-13(2)7-10-16(17)18(4,5)12-15-9-8-14(3)20-15/h13-17,19H,6-12H2,1-5H3. The van der Waals surface area contributed by atoms with E-state index in [2.05, 4.69) is 39.9 Å². The van der Waals surface area contributed by atoms with Crippen molar-refractivity contribution in [1.29, 1.82) is 0 Å². The van der Waals surface area contributed by atoms with E-state index in [0.717, 1.165) is 18.4 Å². The van der Waals surface area contributed by atoms with Crippen molar-refractivity contribution in [3.05, 3.63) is 0 Å². The molecule has 0 aromatic heterocycles. The van der Waals surface area contributed by atoms with Crippen LogP contribution < -0.4 is 5.32 Å². The molecule has 5 atom stereocenters. The van der Waals surface area contributed by atoms with Gasteiger partial charge in [-0.05, 0) is 62.8 Å². The largest absolute Gasteiger partial charge is 0.375 e. The minimum Gasteiger partial charge on any atom is -0.375 e. The molecule has 2 rings (SSSR count). The van der Waals surface area contributed by atoms with Crippen molar-refractivity contribution in [3.63, 3.8) is 0 Å². The van der Waals surface area contributed by atoms with E-state index in [9.17, 15) is 0 Å². The van der Waals surface area contributed by atoms with Crippen LogP contribution in [0.5, 0.6) is 0 Å². The number of nitrogens with one attached hydrogen (secondary N) is 1. The Morgan fingerprint density at radius 3 is 2.45 bits per heavy atom. The Morgan fingerprint density at radius 2 is 1.85 bits per heavy atom. The van der Waals surface area contributed by atoms with E-state index < -0.39 is 0 Å². The Kier molecular flexibility index (Phi) is 5.53. The molecule has 2 aliphatic rings. The second kappa shape index (κ2) is 6.79. The predicted octanol–water partition coefficient (Wildman–Crippen LogP) is 4.38. The number of hydrogen-bond acceptors (Lipinski definition) is 2. The van der Waals surface area contributed by atoms with Gasteiger partial charge in [0.15, 0.2) is 0 Å². The zero-order valence-corrected chi connectivity index (χ0v) is 14.2. The van der Waals surface area contributed by atoms with Gasteiger partial charge in [-0.3, -0.25) is 0 Å². The molecular formula is C18H35NO. The summed E-state index contributed by atoms with van der Waals surface area (Å²) in [7, 11) is 0. The molecule has 0 aromatic carbocycles. The van der Waals surface area contributed by atoms with Crippen molar-refractivity contribution in [2.75, 3.05) is 6.54 Å². The lowest BCUT2D eigenvalue weighted by Crippen LogP contribution is -2.47. The maximum Gasteiger partial charge on any atom is 0.0584 e. The quantitative estimate of drug-likeness (QED) is 0.807. The third kappa shape index (κ3) is 3.98. The van der Waals surface area contributed by atoms with E-state index in [1.807, 2.05) is 0 Å². The Bertz CT molecular complexity index is 302. The smallest absolute Gasteiger partial charge is 0.0584 e. The fourth-order valence-corrected chi connectivity index (χ4v) is 4.58. The van der Waals surface area contributed by atoms with E-state index in [1.54, 1.807) is 0 Å². The number of ether oxygens (including phenoxy) is 1. The molecule has 0 radical (unpaired) electrons. The third-order valence-corrected chi connectivity index (χ3v) is 5.66. The Balaban J connectivity index is 1.98. The van der Waals surface area contributed by atoms with E-state index in [0.29, 0.717) is 23.7 Å². The topological polar surface area (TPSA) is 21.3 Å². The SMILES string of the molecule is CCNC1CC(C)CCC1C(C)(C)CC1CCC(C)O1. The second-order valence-electron chi connectivity index (χ2n) is 8.03. The molecule has 2 heteroatoms. The fourth-order valence-electron chi connectivity index (χ4n) is 4.58. The molecule has 0 amide bonds. The summed E-state index contributed by atoms with van der Waals surface area (Å²) in [5.41, 5.74) is 0.391. The molecule has 1 saturated heterocycles. The molecule has 0 spiro atoms. The summed E-state index contributed by atoms with van der Waals surface area (Å²) in [5.74, 6) is 1.69. The van der Waals surface area contributed by atoms with Crippen LogP contribution in [0.2, 0.25) is 0 Å². The van der Waals surface area contributed by atoms with Gasteiger partial charge in [0, 0.05) is 6.04 Å². The van der Waals surface area contributed by atoms with Crippen LogP contribution in [-0.2, 0) is 4.74 Å². The fraction of sp³-hybridized carbons (Fsp3) is 1.00. The maximum atomic E-state index is 6.08. The average molecular weight is 281 g/mol. The maximum absolute atomic E-state index is 6.08. The highest BCUT2D eigenvalue weighted by atomic mass is 16.5. The highest BCUT2D eigenvalue weighted by Crippen LogP contribution is 2.44. The summed E-state index contributed by atoms with van der Waals surface area (Å²) in [6.07, 6.45) is 8.86. The minimum absolute atomic E-state index is 0.391. The van der Waals surface area contributed by atoms with Crippen LogP contribution in [0, 0.1) is 17.3 Å². The normalized spacial score (nSPS) is 39.1. The minimum atomic E-state index is 0.391. The first-order valence-electron chi connectivity index (χ1n) is 8.81. The van der Waals surface area contributed by atoms with E-state index in [-0.39, 0.29) is 0 Å². The van der Waals surface area contributed by atoms with Gasteiger partial charge in [0.25, 0.3) is 0 Å². The van der Waals surface area contributed by atoms with Crippen LogP contribution in [0.15, 0.2) is 0 Å². The van der Waals surface area contributed by atoms with Crippen LogP contribution in [0.3, 0.4) is 0 Å². The van der Waals surface area contributed by atoms with Gasteiger partial charge in [-0.25, -0.2) is 0 Å². The molecule has 0 bridgehead atoms. The molecule has 1 aliphatic carbocycles. The summed E-state index contributed by atoms with van der Waals surface area (Å²) in [4.78, 5) is 0. The van der Waals surface area contributed by atoms with Crippen molar-refractivity contribution >= 4 is 0 Å². The van der Waals surface area contributed by atoms with Crippen LogP contribution in [-0.4, -0.2) is 24.8 Å². The molecular weight excluding hydrogens is 246 g/mol. The van der Waals surface area contributed by atoms with Crippen LogP contribution in [0.25, 0.3) is 0 Å². The van der Waals surface area contributed by atoms with Crippen LogP contribution in [0.1, 0.15) is 73.1 Å². The molecule has 1 saturated carbocycles. The molecule has 1 heterocycles. The van der Waals surface area contributed by atoms with Gasteiger partial charge in [0.2, 0.25) is 0 Å². The zero-order chi connectivity index (χ0) is 14.8.